The second kappa shape index (κ2) is 4.16. The highest BCUT2D eigenvalue weighted by Gasteiger charge is 2.02. The average Bonchev–Trinajstić information content (AvgIpc) is 2.07. The van der Waals surface area contributed by atoms with Crippen LogP contribution in [0.3, 0.4) is 0 Å². The van der Waals surface area contributed by atoms with E-state index in [1.165, 1.54) is 19.2 Å². The normalized spacial score (nSPS) is 12.2. The summed E-state index contributed by atoms with van der Waals surface area (Å²) in [6.07, 6.45) is 0. The molecule has 1 unspecified atom stereocenters. The van der Waals surface area contributed by atoms with Gasteiger partial charge in [0.15, 0.2) is 0 Å². The van der Waals surface area contributed by atoms with Crippen LogP contribution in [0.25, 0.3) is 0 Å². The Balaban J connectivity index is 2.92. The largest absolute Gasteiger partial charge is 0.494 e. The molecule has 3 N–H and O–H groups in total. The standard InChI is InChI=1S/C7H10NO4P/c1-11-7-4-5(12-13(9)10)2-3-6(7)8/h2-4,13H,8H2,1H3,(H,9,10). The molecular weight excluding hydrogens is 193 g/mol. The molecule has 0 aliphatic heterocycles. The molecule has 5 nitrogen and oxygen atoms in total. The maximum Gasteiger partial charge on any atom is 0.365 e. The van der Waals surface area contributed by atoms with Gasteiger partial charge in [-0.15, -0.1) is 0 Å². The summed E-state index contributed by atoms with van der Waals surface area (Å²) in [6.45, 7) is 0. The molecule has 0 heterocycles. The zero-order chi connectivity index (χ0) is 9.84. The fourth-order valence-corrected chi connectivity index (χ4v) is 1.18. The van der Waals surface area contributed by atoms with Gasteiger partial charge in [-0.25, -0.2) is 4.57 Å². The molecule has 0 saturated carbocycles. The molecule has 0 spiro atoms. The molecule has 0 aliphatic rings. The van der Waals surface area contributed by atoms with E-state index in [0.717, 1.165) is 0 Å². The van der Waals surface area contributed by atoms with Crippen LogP contribution in [-0.2, 0) is 4.57 Å². The highest BCUT2D eigenvalue weighted by Crippen LogP contribution is 2.30. The van der Waals surface area contributed by atoms with Crippen LogP contribution in [0.4, 0.5) is 5.69 Å². The van der Waals surface area contributed by atoms with E-state index in [2.05, 4.69) is 4.52 Å². The van der Waals surface area contributed by atoms with Gasteiger partial charge in [0.2, 0.25) is 0 Å². The van der Waals surface area contributed by atoms with Gasteiger partial charge in [0.05, 0.1) is 12.8 Å². The summed E-state index contributed by atoms with van der Waals surface area (Å²) in [5, 5.41) is 0. The quantitative estimate of drug-likeness (QED) is 0.566. The number of anilines is 1. The minimum atomic E-state index is -2.97. The third kappa shape index (κ3) is 2.65. The van der Waals surface area contributed by atoms with E-state index in [1.54, 1.807) is 6.07 Å². The van der Waals surface area contributed by atoms with Crippen LogP contribution in [0, 0.1) is 0 Å². The molecule has 0 bridgehead atoms. The van der Waals surface area contributed by atoms with Crippen molar-refractivity contribution in [3.63, 3.8) is 0 Å². The molecule has 6 heteroatoms. The van der Waals surface area contributed by atoms with Crippen LogP contribution in [0.15, 0.2) is 18.2 Å². The number of hydrogen-bond donors (Lipinski definition) is 2. The SMILES string of the molecule is COc1cc(O[PH](=O)O)ccc1N. The van der Waals surface area contributed by atoms with Crippen LogP contribution in [0.5, 0.6) is 11.5 Å². The third-order valence-electron chi connectivity index (χ3n) is 1.41. The van der Waals surface area contributed by atoms with Crippen LogP contribution in [-0.4, -0.2) is 12.0 Å². The van der Waals surface area contributed by atoms with Gasteiger partial charge in [0, 0.05) is 6.07 Å². The summed E-state index contributed by atoms with van der Waals surface area (Å²) in [5.41, 5.74) is 5.97. The minimum Gasteiger partial charge on any atom is -0.494 e. The van der Waals surface area contributed by atoms with Gasteiger partial charge in [-0.1, -0.05) is 0 Å². The second-order valence-corrected chi connectivity index (χ2v) is 3.01. The highest BCUT2D eigenvalue weighted by molar-refractivity contribution is 7.32. The number of hydrogen-bond acceptors (Lipinski definition) is 4. The monoisotopic (exact) mass is 203 g/mol. The minimum absolute atomic E-state index is 0.262. The number of benzene rings is 1. The topological polar surface area (TPSA) is 81.8 Å². The van der Waals surface area contributed by atoms with Crippen molar-refractivity contribution in [1.82, 2.24) is 0 Å². The first-order valence-corrected chi connectivity index (χ1v) is 4.74. The molecule has 0 radical (unpaired) electrons. The van der Waals surface area contributed by atoms with Crippen molar-refractivity contribution < 1.29 is 18.7 Å². The number of nitrogens with two attached hydrogens (primary N) is 1. The molecule has 1 aromatic carbocycles. The van der Waals surface area contributed by atoms with Crippen LogP contribution >= 0.6 is 8.25 Å². The zero-order valence-corrected chi connectivity index (χ0v) is 7.98. The summed E-state index contributed by atoms with van der Waals surface area (Å²) in [4.78, 5) is 8.49. The molecule has 0 fully saturated rings. The Labute approximate surface area is 76.0 Å². The summed E-state index contributed by atoms with van der Waals surface area (Å²) >= 11 is 0. The van der Waals surface area contributed by atoms with E-state index < -0.39 is 8.25 Å². The maximum absolute atomic E-state index is 10.3. The van der Waals surface area contributed by atoms with E-state index >= 15 is 0 Å². The first-order chi connectivity index (χ1) is 6.13. The Hall–Kier alpha value is -1.19. The van der Waals surface area contributed by atoms with E-state index in [4.69, 9.17) is 15.4 Å². The Bertz CT molecular complexity index is 328. The number of ether oxygens (including phenoxy) is 1. The lowest BCUT2D eigenvalue weighted by molar-refractivity contribution is 0.401. The van der Waals surface area contributed by atoms with Gasteiger partial charge in [-0.2, -0.15) is 0 Å². The molecule has 0 aliphatic carbocycles. The smallest absolute Gasteiger partial charge is 0.365 e. The van der Waals surface area contributed by atoms with Crippen molar-refractivity contribution >= 4 is 13.9 Å². The molecule has 1 aromatic rings. The molecular formula is C7H10NO4P. The van der Waals surface area contributed by atoms with E-state index in [0.29, 0.717) is 11.4 Å². The zero-order valence-electron chi connectivity index (χ0n) is 6.98. The summed E-state index contributed by atoms with van der Waals surface area (Å²) in [7, 11) is -1.51. The van der Waals surface area contributed by atoms with Crippen molar-refractivity contribution in [3.05, 3.63) is 18.2 Å². The molecule has 0 aromatic heterocycles. The lowest BCUT2D eigenvalue weighted by atomic mass is 10.3. The van der Waals surface area contributed by atoms with Crippen molar-refractivity contribution in [1.29, 1.82) is 0 Å². The highest BCUT2D eigenvalue weighted by atomic mass is 31.1. The van der Waals surface area contributed by atoms with Crippen LogP contribution in [0.1, 0.15) is 0 Å². The van der Waals surface area contributed by atoms with Gasteiger partial charge < -0.3 is 19.9 Å². The van der Waals surface area contributed by atoms with Gasteiger partial charge in [-0.05, 0) is 12.1 Å². The second-order valence-electron chi connectivity index (χ2n) is 2.27. The molecule has 13 heavy (non-hydrogen) atoms. The number of methoxy groups -OCH3 is 1. The van der Waals surface area contributed by atoms with E-state index in [1.807, 2.05) is 0 Å². The van der Waals surface area contributed by atoms with Gasteiger partial charge in [-0.3, -0.25) is 0 Å². The summed E-state index contributed by atoms with van der Waals surface area (Å²) in [6, 6.07) is 4.49. The van der Waals surface area contributed by atoms with Crippen molar-refractivity contribution in [2.24, 2.45) is 0 Å². The summed E-state index contributed by atoms with van der Waals surface area (Å²) in [5.74, 6) is 0.679. The van der Waals surface area contributed by atoms with E-state index in [-0.39, 0.29) is 5.75 Å². The first-order valence-electron chi connectivity index (χ1n) is 3.48. The van der Waals surface area contributed by atoms with Gasteiger partial charge in [0.1, 0.15) is 11.5 Å². The van der Waals surface area contributed by atoms with Crippen molar-refractivity contribution in [3.8, 4) is 11.5 Å². The molecule has 1 rings (SSSR count). The molecule has 1 atom stereocenters. The summed E-state index contributed by atoms with van der Waals surface area (Å²) < 4.78 is 19.8. The maximum atomic E-state index is 10.3. The Morgan fingerprint density at radius 3 is 2.77 bits per heavy atom. The van der Waals surface area contributed by atoms with Crippen molar-refractivity contribution in [2.75, 3.05) is 12.8 Å². The molecule has 0 saturated heterocycles. The third-order valence-corrected chi connectivity index (χ3v) is 1.82. The first kappa shape index (κ1) is 9.89. The predicted molar refractivity (Wildman–Crippen MR) is 49.3 cm³/mol. The molecule has 72 valence electrons. The lowest BCUT2D eigenvalue weighted by Crippen LogP contribution is -1.92. The van der Waals surface area contributed by atoms with Crippen LogP contribution in [0.2, 0.25) is 0 Å². The average molecular weight is 203 g/mol. The Morgan fingerprint density at radius 1 is 1.54 bits per heavy atom. The van der Waals surface area contributed by atoms with Crippen LogP contribution < -0.4 is 15.0 Å². The fraction of sp³-hybridized carbons (Fsp3) is 0.143. The Kier molecular flexibility index (Phi) is 3.17. The number of nitrogen functional groups attached to an aromatic ring is 1. The van der Waals surface area contributed by atoms with E-state index in [9.17, 15) is 4.57 Å². The Morgan fingerprint density at radius 2 is 2.23 bits per heavy atom. The predicted octanol–water partition coefficient (Wildman–Crippen LogP) is 1.04. The number of rotatable bonds is 3. The fourth-order valence-electron chi connectivity index (χ4n) is 0.856. The molecule has 0 amide bonds. The lowest BCUT2D eigenvalue weighted by Gasteiger charge is -2.06. The van der Waals surface area contributed by atoms with Gasteiger partial charge in [0.25, 0.3) is 0 Å². The van der Waals surface area contributed by atoms with Crippen molar-refractivity contribution in [2.45, 2.75) is 0 Å². The van der Waals surface area contributed by atoms with Gasteiger partial charge >= 0.3 is 8.25 Å².